The maximum absolute atomic E-state index is 12.8. The standard InChI is InChI=1S/C15H11F2N3/c16-15(17)10-14(11-6-2-1-3-7-11)20-13-9-5-4-8-12(13)18-19-20/h1-10,15H/b14-10-. The highest BCUT2D eigenvalue weighted by Crippen LogP contribution is 2.22. The van der Waals surface area contributed by atoms with Crippen molar-refractivity contribution < 1.29 is 8.78 Å². The fourth-order valence-corrected chi connectivity index (χ4v) is 2.06. The quantitative estimate of drug-likeness (QED) is 0.729. The van der Waals surface area contributed by atoms with Crippen LogP contribution in [0.4, 0.5) is 8.78 Å². The molecule has 0 atom stereocenters. The van der Waals surface area contributed by atoms with Gasteiger partial charge in [0, 0.05) is 11.6 Å². The number of para-hydroxylation sites is 1. The lowest BCUT2D eigenvalue weighted by Gasteiger charge is -2.08. The summed E-state index contributed by atoms with van der Waals surface area (Å²) in [6.07, 6.45) is -1.68. The highest BCUT2D eigenvalue weighted by Gasteiger charge is 2.12. The molecule has 1 heterocycles. The summed E-state index contributed by atoms with van der Waals surface area (Å²) in [6, 6.07) is 16.2. The molecule has 100 valence electrons. The number of hydrogen-bond acceptors (Lipinski definition) is 2. The third-order valence-electron chi connectivity index (χ3n) is 2.93. The van der Waals surface area contributed by atoms with Crippen LogP contribution < -0.4 is 0 Å². The van der Waals surface area contributed by atoms with Gasteiger partial charge >= 0.3 is 0 Å². The molecule has 0 radical (unpaired) electrons. The van der Waals surface area contributed by atoms with E-state index in [0.29, 0.717) is 22.3 Å². The molecule has 0 bridgehead atoms. The van der Waals surface area contributed by atoms with Gasteiger partial charge in [-0.1, -0.05) is 47.7 Å². The lowest BCUT2D eigenvalue weighted by Crippen LogP contribution is -2.03. The first-order chi connectivity index (χ1) is 9.75. The van der Waals surface area contributed by atoms with Crippen LogP contribution in [-0.4, -0.2) is 21.4 Å². The van der Waals surface area contributed by atoms with Gasteiger partial charge in [0.2, 0.25) is 0 Å². The third kappa shape index (κ3) is 2.30. The van der Waals surface area contributed by atoms with E-state index in [4.69, 9.17) is 0 Å². The summed E-state index contributed by atoms with van der Waals surface area (Å²) in [7, 11) is 0. The lowest BCUT2D eigenvalue weighted by atomic mass is 10.1. The van der Waals surface area contributed by atoms with Crippen LogP contribution in [0.25, 0.3) is 16.7 Å². The van der Waals surface area contributed by atoms with Crippen LogP contribution in [0.3, 0.4) is 0 Å². The molecule has 2 aromatic carbocycles. The van der Waals surface area contributed by atoms with E-state index in [0.717, 1.165) is 6.08 Å². The second-order valence-corrected chi connectivity index (χ2v) is 4.24. The van der Waals surface area contributed by atoms with Crippen molar-refractivity contribution in [1.82, 2.24) is 15.0 Å². The van der Waals surface area contributed by atoms with Crippen molar-refractivity contribution in [3.63, 3.8) is 0 Å². The van der Waals surface area contributed by atoms with Crippen molar-refractivity contribution in [2.45, 2.75) is 6.43 Å². The molecule has 3 aromatic rings. The Hall–Kier alpha value is -2.56. The number of alkyl halides is 2. The van der Waals surface area contributed by atoms with Crippen molar-refractivity contribution in [1.29, 1.82) is 0 Å². The van der Waals surface area contributed by atoms with Gasteiger partial charge in [-0.15, -0.1) is 5.10 Å². The second kappa shape index (κ2) is 5.21. The number of fused-ring (bicyclic) bond motifs is 1. The van der Waals surface area contributed by atoms with Gasteiger partial charge in [0.1, 0.15) is 5.52 Å². The van der Waals surface area contributed by atoms with E-state index >= 15 is 0 Å². The molecule has 0 amide bonds. The molecule has 3 nitrogen and oxygen atoms in total. The second-order valence-electron chi connectivity index (χ2n) is 4.24. The van der Waals surface area contributed by atoms with Gasteiger partial charge in [-0.05, 0) is 12.1 Å². The fourth-order valence-electron chi connectivity index (χ4n) is 2.06. The number of aromatic nitrogens is 3. The van der Waals surface area contributed by atoms with Crippen LogP contribution in [0.1, 0.15) is 5.56 Å². The van der Waals surface area contributed by atoms with E-state index in [-0.39, 0.29) is 0 Å². The molecule has 5 heteroatoms. The molecular formula is C15H11F2N3. The van der Waals surface area contributed by atoms with Crippen LogP contribution in [0.2, 0.25) is 0 Å². The summed E-state index contributed by atoms with van der Waals surface area (Å²) in [4.78, 5) is 0. The predicted octanol–water partition coefficient (Wildman–Crippen LogP) is 3.59. The molecule has 3 rings (SSSR count). The molecule has 0 spiro atoms. The van der Waals surface area contributed by atoms with Crippen LogP contribution in [0, 0.1) is 0 Å². The van der Waals surface area contributed by atoms with Crippen LogP contribution in [0.15, 0.2) is 60.7 Å². The number of halogens is 2. The van der Waals surface area contributed by atoms with E-state index in [1.54, 1.807) is 36.4 Å². The van der Waals surface area contributed by atoms with Gasteiger partial charge in [-0.25, -0.2) is 13.5 Å². The summed E-state index contributed by atoms with van der Waals surface area (Å²) in [5, 5.41) is 7.99. The summed E-state index contributed by atoms with van der Waals surface area (Å²) in [5.74, 6) is 0. The highest BCUT2D eigenvalue weighted by atomic mass is 19.3. The largest absolute Gasteiger partial charge is 0.259 e. The first-order valence-corrected chi connectivity index (χ1v) is 6.12. The Morgan fingerprint density at radius 2 is 1.70 bits per heavy atom. The zero-order valence-electron chi connectivity index (χ0n) is 10.4. The Labute approximate surface area is 114 Å². The number of rotatable bonds is 3. The predicted molar refractivity (Wildman–Crippen MR) is 73.3 cm³/mol. The molecule has 0 aliphatic heterocycles. The highest BCUT2D eigenvalue weighted by molar-refractivity contribution is 5.81. The average molecular weight is 271 g/mol. The maximum Gasteiger partial charge on any atom is 0.259 e. The molecule has 0 saturated heterocycles. The molecule has 20 heavy (non-hydrogen) atoms. The van der Waals surface area contributed by atoms with Crippen molar-refractivity contribution in [2.24, 2.45) is 0 Å². The Kier molecular flexibility index (Phi) is 3.25. The first kappa shape index (κ1) is 12.5. The maximum atomic E-state index is 12.8. The van der Waals surface area contributed by atoms with Gasteiger partial charge in [-0.3, -0.25) is 0 Å². The minimum atomic E-state index is -2.56. The Balaban J connectivity index is 2.20. The van der Waals surface area contributed by atoms with Gasteiger partial charge in [0.15, 0.2) is 0 Å². The van der Waals surface area contributed by atoms with Crippen molar-refractivity contribution in [2.75, 3.05) is 0 Å². The summed E-state index contributed by atoms with van der Waals surface area (Å²) < 4.78 is 27.1. The molecule has 0 aliphatic carbocycles. The van der Waals surface area contributed by atoms with Crippen molar-refractivity contribution in [3.05, 3.63) is 66.2 Å². The van der Waals surface area contributed by atoms with E-state index in [1.807, 2.05) is 18.2 Å². The summed E-state index contributed by atoms with van der Waals surface area (Å²) in [6.45, 7) is 0. The zero-order chi connectivity index (χ0) is 13.9. The van der Waals surface area contributed by atoms with Crippen LogP contribution in [0.5, 0.6) is 0 Å². The normalized spacial score (nSPS) is 12.2. The molecule has 0 saturated carbocycles. The van der Waals surface area contributed by atoms with Gasteiger partial charge in [0.25, 0.3) is 6.43 Å². The summed E-state index contributed by atoms with van der Waals surface area (Å²) >= 11 is 0. The van der Waals surface area contributed by atoms with Gasteiger partial charge in [0.05, 0.1) is 11.2 Å². The topological polar surface area (TPSA) is 30.7 Å². The minimum Gasteiger partial charge on any atom is -0.212 e. The van der Waals surface area contributed by atoms with E-state index in [2.05, 4.69) is 10.3 Å². The minimum absolute atomic E-state index is 0.328. The molecule has 1 aromatic heterocycles. The molecule has 0 aliphatic rings. The zero-order valence-corrected chi connectivity index (χ0v) is 10.4. The number of nitrogens with zero attached hydrogens (tertiary/aromatic N) is 3. The van der Waals surface area contributed by atoms with E-state index in [1.165, 1.54) is 4.68 Å². The first-order valence-electron chi connectivity index (χ1n) is 6.12. The monoisotopic (exact) mass is 271 g/mol. The Bertz CT molecular complexity index is 748. The summed E-state index contributed by atoms with van der Waals surface area (Å²) in [5.41, 5.74) is 2.37. The Morgan fingerprint density at radius 1 is 1.00 bits per heavy atom. The average Bonchev–Trinajstić information content (AvgIpc) is 2.89. The lowest BCUT2D eigenvalue weighted by molar-refractivity contribution is 0.204. The smallest absolute Gasteiger partial charge is 0.212 e. The van der Waals surface area contributed by atoms with Gasteiger partial charge < -0.3 is 0 Å². The SMILES string of the molecule is FC(F)/C=C(/c1ccccc1)n1nnc2ccccc21. The third-order valence-corrected chi connectivity index (χ3v) is 2.93. The molecule has 0 unspecified atom stereocenters. The number of benzene rings is 2. The van der Waals surface area contributed by atoms with Crippen LogP contribution in [-0.2, 0) is 0 Å². The van der Waals surface area contributed by atoms with Gasteiger partial charge in [-0.2, -0.15) is 0 Å². The van der Waals surface area contributed by atoms with Crippen molar-refractivity contribution >= 4 is 16.7 Å². The molecule has 0 N–H and O–H groups in total. The molecule has 0 fully saturated rings. The van der Waals surface area contributed by atoms with E-state index in [9.17, 15) is 8.78 Å². The number of hydrogen-bond donors (Lipinski definition) is 0. The Morgan fingerprint density at radius 3 is 2.45 bits per heavy atom. The molecular weight excluding hydrogens is 260 g/mol. The van der Waals surface area contributed by atoms with E-state index < -0.39 is 6.43 Å². The number of allylic oxidation sites excluding steroid dienone is 1. The fraction of sp³-hybridized carbons (Fsp3) is 0.0667. The van der Waals surface area contributed by atoms with Crippen molar-refractivity contribution in [3.8, 4) is 0 Å². The van der Waals surface area contributed by atoms with Crippen LogP contribution >= 0.6 is 0 Å².